The molecule has 0 unspecified atom stereocenters. The summed E-state index contributed by atoms with van der Waals surface area (Å²) in [5, 5.41) is 3.11. The number of rotatable bonds is 2. The predicted octanol–water partition coefficient (Wildman–Crippen LogP) is 1.20. The van der Waals surface area contributed by atoms with Crippen LogP contribution in [0.1, 0.15) is 10.6 Å². The van der Waals surface area contributed by atoms with E-state index in [1.807, 2.05) is 24.3 Å². The normalized spacial score (nSPS) is 16.9. The number of fused-ring (bicyclic) bond motifs is 1. The summed E-state index contributed by atoms with van der Waals surface area (Å²) < 4.78 is 1.56. The Balaban J connectivity index is 1.86. The third kappa shape index (κ3) is 2.32. The van der Waals surface area contributed by atoms with Crippen molar-refractivity contribution in [1.29, 1.82) is 0 Å². The molecule has 0 saturated carbocycles. The number of nitrogens with one attached hydrogen (secondary N) is 1. The molecular formula is C13H12N4O2S. The van der Waals surface area contributed by atoms with Crippen LogP contribution in [-0.4, -0.2) is 38.8 Å². The molecule has 20 heavy (non-hydrogen) atoms. The monoisotopic (exact) mass is 288 g/mol. The van der Waals surface area contributed by atoms with Crippen LogP contribution in [0.25, 0.3) is 11.0 Å². The van der Waals surface area contributed by atoms with Crippen molar-refractivity contribution in [3.63, 3.8) is 0 Å². The number of aryl methyl sites for hydroxylation is 1. The summed E-state index contributed by atoms with van der Waals surface area (Å²) in [6.07, 6.45) is 0. The van der Waals surface area contributed by atoms with Crippen LogP contribution in [-0.2, 0) is 4.79 Å². The van der Waals surface area contributed by atoms with Gasteiger partial charge in [0.2, 0.25) is 5.91 Å². The Morgan fingerprint density at radius 3 is 3.05 bits per heavy atom. The van der Waals surface area contributed by atoms with Crippen molar-refractivity contribution in [1.82, 2.24) is 14.9 Å². The lowest BCUT2D eigenvalue weighted by Crippen LogP contribution is -2.22. The lowest BCUT2D eigenvalue weighted by molar-refractivity contribution is -0.116. The van der Waals surface area contributed by atoms with Crippen molar-refractivity contribution < 1.29 is 9.59 Å². The van der Waals surface area contributed by atoms with Gasteiger partial charge in [0.15, 0.2) is 5.17 Å². The number of benzene rings is 1. The number of carbonyl (C=O) groups is 2. The third-order valence-electron chi connectivity index (χ3n) is 2.92. The highest BCUT2D eigenvalue weighted by Crippen LogP contribution is 2.15. The number of hydrogen-bond acceptors (Lipinski definition) is 5. The van der Waals surface area contributed by atoms with Crippen molar-refractivity contribution in [2.24, 2.45) is 4.99 Å². The molecule has 1 aliphatic rings. The third-order valence-corrected chi connectivity index (χ3v) is 3.83. The van der Waals surface area contributed by atoms with Gasteiger partial charge >= 0.3 is 0 Å². The fourth-order valence-corrected chi connectivity index (χ4v) is 2.76. The molecule has 1 fully saturated rings. The highest BCUT2D eigenvalue weighted by molar-refractivity contribution is 8.15. The Morgan fingerprint density at radius 1 is 1.50 bits per heavy atom. The molecule has 2 heterocycles. The molecule has 3 rings (SSSR count). The molecule has 1 amide bonds. The van der Waals surface area contributed by atoms with E-state index in [9.17, 15) is 9.59 Å². The molecule has 102 valence electrons. The number of nitrogens with zero attached hydrogens (tertiary/aromatic N) is 3. The number of para-hydroxylation sites is 2. The summed E-state index contributed by atoms with van der Waals surface area (Å²) >= 11 is 1.31. The number of thioether (sulfide) groups is 1. The van der Waals surface area contributed by atoms with Gasteiger partial charge < -0.3 is 5.32 Å². The quantitative estimate of drug-likeness (QED) is 0.901. The number of carbonyl (C=O) groups excluding carboxylic acids is 2. The van der Waals surface area contributed by atoms with Gasteiger partial charge in [-0.25, -0.2) is 4.98 Å². The van der Waals surface area contributed by atoms with Gasteiger partial charge in [0.1, 0.15) is 12.4 Å². The van der Waals surface area contributed by atoms with E-state index in [-0.39, 0.29) is 18.4 Å². The Kier molecular flexibility index (Phi) is 3.27. The molecule has 1 saturated heterocycles. The van der Waals surface area contributed by atoms with E-state index in [0.29, 0.717) is 16.7 Å². The summed E-state index contributed by atoms with van der Waals surface area (Å²) in [7, 11) is 0. The van der Waals surface area contributed by atoms with E-state index >= 15 is 0 Å². The molecule has 0 radical (unpaired) electrons. The number of aliphatic imine (C=N–C) groups is 1. The molecule has 7 heteroatoms. The first-order valence-electron chi connectivity index (χ1n) is 6.09. The van der Waals surface area contributed by atoms with Gasteiger partial charge in [-0.1, -0.05) is 23.9 Å². The summed E-state index contributed by atoms with van der Waals surface area (Å²) in [6, 6.07) is 7.47. The average Bonchev–Trinajstić information content (AvgIpc) is 2.98. The Morgan fingerprint density at radius 2 is 2.30 bits per heavy atom. The molecule has 1 aliphatic heterocycles. The minimum Gasteiger partial charge on any atom is -0.305 e. The zero-order valence-electron chi connectivity index (χ0n) is 10.8. The van der Waals surface area contributed by atoms with Crippen molar-refractivity contribution in [3.8, 4) is 0 Å². The van der Waals surface area contributed by atoms with Gasteiger partial charge in [0.25, 0.3) is 5.91 Å². The average molecular weight is 288 g/mol. The van der Waals surface area contributed by atoms with Crippen molar-refractivity contribution in [3.05, 3.63) is 30.1 Å². The van der Waals surface area contributed by atoms with Crippen LogP contribution in [0.3, 0.4) is 0 Å². The van der Waals surface area contributed by atoms with Crippen molar-refractivity contribution in [2.45, 2.75) is 6.92 Å². The summed E-state index contributed by atoms with van der Waals surface area (Å²) in [6.45, 7) is 1.78. The number of amidine groups is 1. The van der Waals surface area contributed by atoms with E-state index in [2.05, 4.69) is 15.3 Å². The number of imidazole rings is 1. The minimum absolute atomic E-state index is 0.0101. The van der Waals surface area contributed by atoms with E-state index in [4.69, 9.17) is 0 Å². The first-order chi connectivity index (χ1) is 9.65. The van der Waals surface area contributed by atoms with Crippen LogP contribution < -0.4 is 5.32 Å². The molecule has 0 aliphatic carbocycles. The van der Waals surface area contributed by atoms with E-state index < -0.39 is 0 Å². The first-order valence-corrected chi connectivity index (χ1v) is 7.08. The van der Waals surface area contributed by atoms with Gasteiger partial charge in [0.05, 0.1) is 16.8 Å². The van der Waals surface area contributed by atoms with E-state index in [1.54, 1.807) is 11.5 Å². The topological polar surface area (TPSA) is 76.3 Å². The second kappa shape index (κ2) is 5.09. The SMILES string of the molecule is Cc1nc2ccccc2n1C(=O)CN=C1NC(=O)CS1. The smallest absolute Gasteiger partial charge is 0.254 e. The van der Waals surface area contributed by atoms with E-state index in [1.165, 1.54) is 11.8 Å². The maximum absolute atomic E-state index is 12.3. The second-order valence-electron chi connectivity index (χ2n) is 4.34. The molecule has 2 aromatic rings. The Bertz CT molecular complexity index is 735. The molecular weight excluding hydrogens is 276 g/mol. The second-order valence-corrected chi connectivity index (χ2v) is 5.30. The largest absolute Gasteiger partial charge is 0.305 e. The zero-order valence-corrected chi connectivity index (χ0v) is 11.6. The molecule has 1 aromatic heterocycles. The summed E-state index contributed by atoms with van der Waals surface area (Å²) in [5.41, 5.74) is 1.56. The maximum Gasteiger partial charge on any atom is 0.254 e. The molecule has 0 atom stereocenters. The molecule has 1 N–H and O–H groups in total. The highest BCUT2D eigenvalue weighted by Gasteiger charge is 2.18. The Labute approximate surface area is 119 Å². The maximum atomic E-state index is 12.3. The number of aromatic nitrogens is 2. The highest BCUT2D eigenvalue weighted by atomic mass is 32.2. The van der Waals surface area contributed by atoms with E-state index in [0.717, 1.165) is 11.0 Å². The van der Waals surface area contributed by atoms with Crippen LogP contribution in [0.15, 0.2) is 29.3 Å². The fraction of sp³-hybridized carbons (Fsp3) is 0.231. The summed E-state index contributed by atoms with van der Waals surface area (Å²) in [4.78, 5) is 31.8. The Hall–Kier alpha value is -2.15. The summed E-state index contributed by atoms with van der Waals surface area (Å²) in [5.74, 6) is 0.760. The van der Waals surface area contributed by atoms with Crippen LogP contribution in [0, 0.1) is 6.92 Å². The van der Waals surface area contributed by atoms with Crippen LogP contribution >= 0.6 is 11.8 Å². The van der Waals surface area contributed by atoms with Gasteiger partial charge in [-0.05, 0) is 19.1 Å². The van der Waals surface area contributed by atoms with Crippen molar-refractivity contribution in [2.75, 3.05) is 12.3 Å². The van der Waals surface area contributed by atoms with Crippen molar-refractivity contribution >= 4 is 39.8 Å². The fourth-order valence-electron chi connectivity index (χ4n) is 2.08. The van der Waals surface area contributed by atoms with Crippen LogP contribution in [0.4, 0.5) is 0 Å². The standard InChI is InChI=1S/C13H12N4O2S/c1-8-15-9-4-2-3-5-10(9)17(8)12(19)6-14-13-16-11(18)7-20-13/h2-5H,6-7H2,1H3,(H,14,16,18). The number of amides is 1. The van der Waals surface area contributed by atoms with Gasteiger partial charge in [-0.3, -0.25) is 19.1 Å². The minimum atomic E-state index is -0.162. The lowest BCUT2D eigenvalue weighted by atomic mass is 10.3. The lowest BCUT2D eigenvalue weighted by Gasteiger charge is -2.03. The molecule has 6 nitrogen and oxygen atoms in total. The molecule has 0 bridgehead atoms. The number of hydrogen-bond donors (Lipinski definition) is 1. The van der Waals surface area contributed by atoms with Gasteiger partial charge in [-0.2, -0.15) is 0 Å². The van der Waals surface area contributed by atoms with Crippen LogP contribution in [0.5, 0.6) is 0 Å². The molecule has 1 aromatic carbocycles. The van der Waals surface area contributed by atoms with Crippen LogP contribution in [0.2, 0.25) is 0 Å². The predicted molar refractivity (Wildman–Crippen MR) is 78.0 cm³/mol. The molecule has 0 spiro atoms. The van der Waals surface area contributed by atoms with Gasteiger partial charge in [-0.15, -0.1) is 0 Å². The zero-order chi connectivity index (χ0) is 14.1. The first kappa shape index (κ1) is 12.9. The van der Waals surface area contributed by atoms with Gasteiger partial charge in [0, 0.05) is 0 Å².